The molecule has 0 spiro atoms. The lowest BCUT2D eigenvalue weighted by molar-refractivity contribution is 0.556. The highest BCUT2D eigenvalue weighted by Crippen LogP contribution is 2.16. The van der Waals surface area contributed by atoms with E-state index in [1.165, 1.54) is 5.82 Å². The summed E-state index contributed by atoms with van der Waals surface area (Å²) >= 11 is 0. The Balaban J connectivity index is 2.47. The van der Waals surface area contributed by atoms with Crippen LogP contribution in [-0.2, 0) is 6.54 Å². The van der Waals surface area contributed by atoms with Crippen LogP contribution in [-0.4, -0.2) is 22.6 Å². The van der Waals surface area contributed by atoms with Gasteiger partial charge in [0, 0.05) is 24.9 Å². The molecule has 0 amide bonds. The molecule has 1 aromatic rings. The Bertz CT molecular complexity index is 255. The maximum atomic E-state index is 4.40. The summed E-state index contributed by atoms with van der Waals surface area (Å²) in [7, 11) is 0. The third-order valence-electron chi connectivity index (χ3n) is 2.53. The van der Waals surface area contributed by atoms with Crippen LogP contribution in [0.25, 0.3) is 0 Å². The van der Waals surface area contributed by atoms with E-state index in [1.54, 1.807) is 0 Å². The van der Waals surface area contributed by atoms with Gasteiger partial charge in [0.25, 0.3) is 0 Å². The van der Waals surface area contributed by atoms with Crippen LogP contribution in [0.1, 0.15) is 38.9 Å². The normalized spacial score (nSPS) is 13.1. The van der Waals surface area contributed by atoms with Crippen LogP contribution in [0, 0.1) is 0 Å². The lowest BCUT2D eigenvalue weighted by atomic mass is 10.1. The molecule has 0 fully saturated rings. The molecule has 0 aliphatic rings. The van der Waals surface area contributed by atoms with Crippen molar-refractivity contribution in [2.45, 2.75) is 39.7 Å². The van der Waals surface area contributed by atoms with Crippen LogP contribution in [0.2, 0.25) is 0 Å². The average molecular weight is 195 g/mol. The van der Waals surface area contributed by atoms with Crippen LogP contribution in [0.5, 0.6) is 0 Å². The predicted molar refractivity (Wildman–Crippen MR) is 59.5 cm³/mol. The Hall–Kier alpha value is -0.830. The van der Waals surface area contributed by atoms with Crippen LogP contribution in [0.15, 0.2) is 12.4 Å². The Labute approximate surface area is 86.5 Å². The van der Waals surface area contributed by atoms with E-state index < -0.39 is 0 Å². The first kappa shape index (κ1) is 11.2. The van der Waals surface area contributed by atoms with Crippen molar-refractivity contribution in [3.05, 3.63) is 18.2 Å². The molecular weight excluding hydrogens is 174 g/mol. The van der Waals surface area contributed by atoms with E-state index in [2.05, 4.69) is 41.8 Å². The minimum Gasteiger partial charge on any atom is -0.335 e. The molecule has 3 nitrogen and oxygen atoms in total. The highest BCUT2D eigenvalue weighted by Gasteiger charge is 2.10. The second kappa shape index (κ2) is 5.81. The van der Waals surface area contributed by atoms with E-state index in [0.29, 0.717) is 5.92 Å². The Morgan fingerprint density at radius 3 is 2.93 bits per heavy atom. The number of aromatic nitrogens is 2. The summed E-state index contributed by atoms with van der Waals surface area (Å²) in [6.07, 6.45) is 5.10. The SMILES string of the molecule is CCNCCC(C)c1nccn1CC. The van der Waals surface area contributed by atoms with Gasteiger partial charge in [0.05, 0.1) is 0 Å². The van der Waals surface area contributed by atoms with E-state index >= 15 is 0 Å². The average Bonchev–Trinajstić information content (AvgIpc) is 2.65. The zero-order valence-corrected chi connectivity index (χ0v) is 9.45. The predicted octanol–water partition coefficient (Wildman–Crippen LogP) is 2.01. The molecule has 1 rings (SSSR count). The van der Waals surface area contributed by atoms with Gasteiger partial charge in [-0.2, -0.15) is 0 Å². The van der Waals surface area contributed by atoms with Crippen LogP contribution >= 0.6 is 0 Å². The molecule has 1 atom stereocenters. The summed E-state index contributed by atoms with van der Waals surface area (Å²) in [4.78, 5) is 4.40. The molecule has 0 saturated carbocycles. The van der Waals surface area contributed by atoms with Crippen molar-refractivity contribution in [3.63, 3.8) is 0 Å². The van der Waals surface area contributed by atoms with Crippen LogP contribution in [0.4, 0.5) is 0 Å². The quantitative estimate of drug-likeness (QED) is 0.704. The van der Waals surface area contributed by atoms with Gasteiger partial charge in [0.2, 0.25) is 0 Å². The van der Waals surface area contributed by atoms with Crippen molar-refractivity contribution >= 4 is 0 Å². The topological polar surface area (TPSA) is 29.9 Å². The standard InChI is InChI=1S/C11H21N3/c1-4-12-7-6-10(3)11-13-8-9-14(11)5-2/h8-10,12H,4-7H2,1-3H3. The van der Waals surface area contributed by atoms with Gasteiger partial charge in [-0.15, -0.1) is 0 Å². The fourth-order valence-electron chi connectivity index (χ4n) is 1.64. The largest absolute Gasteiger partial charge is 0.335 e. The van der Waals surface area contributed by atoms with Crippen molar-refractivity contribution in [2.24, 2.45) is 0 Å². The third kappa shape index (κ3) is 2.84. The molecule has 0 saturated heterocycles. The fraction of sp³-hybridized carbons (Fsp3) is 0.727. The summed E-state index contributed by atoms with van der Waals surface area (Å²) in [5.74, 6) is 1.76. The summed E-state index contributed by atoms with van der Waals surface area (Å²) in [5, 5.41) is 3.34. The molecule has 0 bridgehead atoms. The number of imidazole rings is 1. The van der Waals surface area contributed by atoms with Gasteiger partial charge in [-0.3, -0.25) is 0 Å². The molecule has 0 aliphatic carbocycles. The number of nitrogens with one attached hydrogen (secondary N) is 1. The molecule has 0 radical (unpaired) electrons. The van der Waals surface area contributed by atoms with Gasteiger partial charge in [-0.25, -0.2) is 4.98 Å². The molecule has 1 aromatic heterocycles. The molecular formula is C11H21N3. The summed E-state index contributed by atoms with van der Waals surface area (Å²) < 4.78 is 2.22. The zero-order valence-electron chi connectivity index (χ0n) is 9.45. The molecule has 1 heterocycles. The molecule has 3 heteroatoms. The third-order valence-corrected chi connectivity index (χ3v) is 2.53. The van der Waals surface area contributed by atoms with E-state index in [9.17, 15) is 0 Å². The van der Waals surface area contributed by atoms with Gasteiger partial charge < -0.3 is 9.88 Å². The van der Waals surface area contributed by atoms with Crippen LogP contribution < -0.4 is 5.32 Å². The maximum Gasteiger partial charge on any atom is 0.111 e. The van der Waals surface area contributed by atoms with E-state index in [0.717, 1.165) is 26.1 Å². The Morgan fingerprint density at radius 1 is 1.50 bits per heavy atom. The minimum atomic E-state index is 0.545. The number of nitrogens with zero attached hydrogens (tertiary/aromatic N) is 2. The van der Waals surface area contributed by atoms with Gasteiger partial charge in [-0.05, 0) is 26.4 Å². The minimum absolute atomic E-state index is 0.545. The first-order chi connectivity index (χ1) is 6.79. The second-order valence-electron chi connectivity index (χ2n) is 3.61. The summed E-state index contributed by atoms with van der Waals surface area (Å²) in [6, 6.07) is 0. The van der Waals surface area contributed by atoms with Crippen molar-refractivity contribution in [1.29, 1.82) is 0 Å². The van der Waals surface area contributed by atoms with Crippen molar-refractivity contribution in [1.82, 2.24) is 14.9 Å². The molecule has 0 aliphatic heterocycles. The monoisotopic (exact) mass is 195 g/mol. The first-order valence-corrected chi connectivity index (χ1v) is 5.51. The molecule has 80 valence electrons. The van der Waals surface area contributed by atoms with Gasteiger partial charge >= 0.3 is 0 Å². The van der Waals surface area contributed by atoms with E-state index in [4.69, 9.17) is 0 Å². The van der Waals surface area contributed by atoms with Gasteiger partial charge in [0.1, 0.15) is 5.82 Å². The zero-order chi connectivity index (χ0) is 10.4. The Kier molecular flexibility index (Phi) is 4.66. The second-order valence-corrected chi connectivity index (χ2v) is 3.61. The lowest BCUT2D eigenvalue weighted by Crippen LogP contribution is -2.17. The van der Waals surface area contributed by atoms with Crippen molar-refractivity contribution in [3.8, 4) is 0 Å². The molecule has 0 aromatic carbocycles. The molecule has 14 heavy (non-hydrogen) atoms. The number of rotatable bonds is 6. The van der Waals surface area contributed by atoms with Gasteiger partial charge in [-0.1, -0.05) is 13.8 Å². The number of aryl methyl sites for hydroxylation is 1. The Morgan fingerprint density at radius 2 is 2.29 bits per heavy atom. The van der Waals surface area contributed by atoms with E-state index in [-0.39, 0.29) is 0 Å². The highest BCUT2D eigenvalue weighted by molar-refractivity contribution is 4.98. The summed E-state index contributed by atoms with van der Waals surface area (Å²) in [5.41, 5.74) is 0. The summed E-state index contributed by atoms with van der Waals surface area (Å²) in [6.45, 7) is 9.68. The van der Waals surface area contributed by atoms with Gasteiger partial charge in [0.15, 0.2) is 0 Å². The maximum absolute atomic E-state index is 4.40. The highest BCUT2D eigenvalue weighted by atomic mass is 15.1. The number of hydrogen-bond acceptors (Lipinski definition) is 2. The van der Waals surface area contributed by atoms with Crippen LogP contribution in [0.3, 0.4) is 0 Å². The molecule has 1 N–H and O–H groups in total. The van der Waals surface area contributed by atoms with Crippen molar-refractivity contribution in [2.75, 3.05) is 13.1 Å². The van der Waals surface area contributed by atoms with Crippen molar-refractivity contribution < 1.29 is 0 Å². The molecule has 1 unspecified atom stereocenters. The lowest BCUT2D eigenvalue weighted by Gasteiger charge is -2.12. The first-order valence-electron chi connectivity index (χ1n) is 5.51. The smallest absolute Gasteiger partial charge is 0.111 e. The fourth-order valence-corrected chi connectivity index (χ4v) is 1.64. The van der Waals surface area contributed by atoms with E-state index in [1.807, 2.05) is 6.20 Å². The number of hydrogen-bond donors (Lipinski definition) is 1.